The summed E-state index contributed by atoms with van der Waals surface area (Å²) in [5, 5.41) is 4.54. The highest BCUT2D eigenvalue weighted by Crippen LogP contribution is 2.39. The van der Waals surface area contributed by atoms with Crippen molar-refractivity contribution in [3.8, 4) is 0 Å². The summed E-state index contributed by atoms with van der Waals surface area (Å²) in [7, 11) is 0. The van der Waals surface area contributed by atoms with Gasteiger partial charge in [0.1, 0.15) is 0 Å². The second kappa shape index (κ2) is 6.36. The van der Waals surface area contributed by atoms with Crippen LogP contribution in [-0.4, -0.2) is 26.2 Å². The van der Waals surface area contributed by atoms with Crippen molar-refractivity contribution in [3.05, 3.63) is 27.8 Å². The van der Waals surface area contributed by atoms with Crippen LogP contribution < -0.4 is 10.2 Å². The summed E-state index contributed by atoms with van der Waals surface area (Å²) in [6, 6.07) is 2.45. The third-order valence-electron chi connectivity index (χ3n) is 4.61. The molecule has 1 N–H and O–H groups in total. The van der Waals surface area contributed by atoms with Crippen molar-refractivity contribution < 1.29 is 0 Å². The lowest BCUT2D eigenvalue weighted by Crippen LogP contribution is -2.31. The van der Waals surface area contributed by atoms with Gasteiger partial charge in [-0.25, -0.2) is 0 Å². The molecule has 0 radical (unpaired) electrons. The maximum atomic E-state index is 6.82. The summed E-state index contributed by atoms with van der Waals surface area (Å²) in [6.45, 7) is 6.72. The Morgan fingerprint density at radius 1 is 1.20 bits per heavy atom. The fourth-order valence-electron chi connectivity index (χ4n) is 3.52. The summed E-state index contributed by atoms with van der Waals surface area (Å²) in [6.07, 6.45) is 7.16. The van der Waals surface area contributed by atoms with Crippen LogP contribution in [0.5, 0.6) is 0 Å². The van der Waals surface area contributed by atoms with Gasteiger partial charge in [0.15, 0.2) is 0 Å². The molecule has 0 amide bonds. The highest BCUT2D eigenvalue weighted by molar-refractivity contribution is 6.34. The molecule has 2 aliphatic rings. The van der Waals surface area contributed by atoms with Gasteiger partial charge >= 0.3 is 0 Å². The lowest BCUT2D eigenvalue weighted by molar-refractivity contribution is 0.657. The first kappa shape index (κ1) is 14.2. The van der Waals surface area contributed by atoms with E-state index in [-0.39, 0.29) is 0 Å². The maximum absolute atomic E-state index is 6.82. The molecule has 0 bridgehead atoms. The van der Waals surface area contributed by atoms with Crippen molar-refractivity contribution in [1.29, 1.82) is 0 Å². The zero-order chi connectivity index (χ0) is 13.9. The minimum Gasteiger partial charge on any atom is -0.370 e. The number of rotatable bonds is 3. The molecular weight excluding hydrogens is 268 g/mol. The Bertz CT molecular complexity index is 484. The maximum Gasteiger partial charge on any atom is 0.0677 e. The van der Waals surface area contributed by atoms with Gasteiger partial charge in [-0.3, -0.25) is 0 Å². The summed E-state index contributed by atoms with van der Waals surface area (Å²) in [5.74, 6) is 0. The van der Waals surface area contributed by atoms with E-state index in [0.29, 0.717) is 0 Å². The normalized spacial score (nSPS) is 18.4. The van der Waals surface area contributed by atoms with E-state index in [9.17, 15) is 0 Å². The molecule has 2 aliphatic heterocycles. The molecule has 0 saturated heterocycles. The zero-order valence-corrected chi connectivity index (χ0v) is 13.2. The highest BCUT2D eigenvalue weighted by Gasteiger charge is 2.24. The second-order valence-corrected chi connectivity index (χ2v) is 6.41. The Morgan fingerprint density at radius 2 is 2.05 bits per heavy atom. The fourth-order valence-corrected chi connectivity index (χ4v) is 3.98. The molecule has 20 heavy (non-hydrogen) atoms. The predicted octanol–water partition coefficient (Wildman–Crippen LogP) is 3.58. The van der Waals surface area contributed by atoms with Gasteiger partial charge in [0.25, 0.3) is 0 Å². The number of halogens is 1. The van der Waals surface area contributed by atoms with E-state index < -0.39 is 0 Å². The number of hydrogen-bond acceptors (Lipinski definition) is 2. The number of fused-ring (bicyclic) bond motifs is 2. The van der Waals surface area contributed by atoms with Crippen LogP contribution in [-0.2, 0) is 19.3 Å². The van der Waals surface area contributed by atoms with Gasteiger partial charge in [-0.05, 0) is 61.9 Å². The van der Waals surface area contributed by atoms with Crippen LogP contribution in [0.15, 0.2) is 6.07 Å². The summed E-state index contributed by atoms with van der Waals surface area (Å²) in [5.41, 5.74) is 5.72. The third-order valence-corrected chi connectivity index (χ3v) is 5.02. The van der Waals surface area contributed by atoms with Crippen LogP contribution in [0.25, 0.3) is 0 Å². The first-order valence-corrected chi connectivity index (χ1v) is 8.48. The molecule has 0 saturated carbocycles. The molecule has 1 aromatic rings. The van der Waals surface area contributed by atoms with Crippen LogP contribution in [0.2, 0.25) is 5.02 Å². The number of nitrogens with one attached hydrogen (secondary N) is 1. The number of benzene rings is 1. The second-order valence-electron chi connectivity index (χ2n) is 6.03. The van der Waals surface area contributed by atoms with E-state index >= 15 is 0 Å². The molecular formula is C17H25ClN2. The molecule has 0 spiro atoms. The largest absolute Gasteiger partial charge is 0.370 e. The van der Waals surface area contributed by atoms with Gasteiger partial charge in [0.05, 0.1) is 10.7 Å². The number of nitrogens with zero attached hydrogens (tertiary/aromatic N) is 1. The topological polar surface area (TPSA) is 15.3 Å². The lowest BCUT2D eigenvalue weighted by Gasteiger charge is -2.33. The molecule has 3 heteroatoms. The molecule has 0 fully saturated rings. The van der Waals surface area contributed by atoms with Crippen molar-refractivity contribution in [2.45, 2.75) is 45.4 Å². The van der Waals surface area contributed by atoms with Crippen molar-refractivity contribution in [2.75, 3.05) is 31.1 Å². The Hall–Kier alpha value is -0.730. The Kier molecular flexibility index (Phi) is 4.52. The van der Waals surface area contributed by atoms with Crippen LogP contribution in [0, 0.1) is 0 Å². The van der Waals surface area contributed by atoms with Gasteiger partial charge < -0.3 is 10.2 Å². The van der Waals surface area contributed by atoms with Gasteiger partial charge in [-0.15, -0.1) is 0 Å². The van der Waals surface area contributed by atoms with Gasteiger partial charge in [0, 0.05) is 13.1 Å². The average molecular weight is 293 g/mol. The number of hydrogen-bond donors (Lipinski definition) is 1. The van der Waals surface area contributed by atoms with Crippen LogP contribution >= 0.6 is 11.6 Å². The first-order valence-electron chi connectivity index (χ1n) is 8.10. The van der Waals surface area contributed by atoms with E-state index in [1.54, 1.807) is 0 Å². The smallest absolute Gasteiger partial charge is 0.0677 e. The molecule has 0 aromatic heterocycles. The summed E-state index contributed by atoms with van der Waals surface area (Å²) in [4.78, 5) is 2.53. The number of aryl methyl sites for hydroxylation is 1. The van der Waals surface area contributed by atoms with E-state index in [4.69, 9.17) is 11.6 Å². The molecule has 0 atom stereocenters. The zero-order valence-electron chi connectivity index (χ0n) is 12.5. The van der Waals surface area contributed by atoms with E-state index in [0.717, 1.165) is 37.5 Å². The highest BCUT2D eigenvalue weighted by atomic mass is 35.5. The van der Waals surface area contributed by atoms with Crippen LogP contribution in [0.4, 0.5) is 5.69 Å². The van der Waals surface area contributed by atoms with Crippen molar-refractivity contribution >= 4 is 17.3 Å². The molecule has 0 unspecified atom stereocenters. The fraction of sp³-hybridized carbons (Fsp3) is 0.647. The molecule has 1 aromatic carbocycles. The van der Waals surface area contributed by atoms with Crippen molar-refractivity contribution in [1.82, 2.24) is 5.32 Å². The molecule has 0 aliphatic carbocycles. The molecule has 110 valence electrons. The van der Waals surface area contributed by atoms with Gasteiger partial charge in [-0.2, -0.15) is 0 Å². The van der Waals surface area contributed by atoms with Crippen molar-refractivity contribution in [3.63, 3.8) is 0 Å². The third kappa shape index (κ3) is 2.68. The molecule has 2 nitrogen and oxygen atoms in total. The quantitative estimate of drug-likeness (QED) is 0.916. The van der Waals surface area contributed by atoms with Crippen molar-refractivity contribution in [2.24, 2.45) is 0 Å². The van der Waals surface area contributed by atoms with E-state index in [2.05, 4.69) is 23.2 Å². The SMILES string of the molecule is CCCCN1CCCc2cc3c(c(Cl)c21)CCNCC3. The standard InChI is InChI=1S/C17H25ClN2/c1-2-3-10-20-11-4-5-14-12-13-6-8-19-9-7-15(13)16(18)17(14)20/h12,19H,2-11H2,1H3. The Morgan fingerprint density at radius 3 is 2.90 bits per heavy atom. The molecule has 2 heterocycles. The predicted molar refractivity (Wildman–Crippen MR) is 87.2 cm³/mol. The minimum absolute atomic E-state index is 1.05. The summed E-state index contributed by atoms with van der Waals surface area (Å²) < 4.78 is 0. The Balaban J connectivity index is 2.00. The molecule has 3 rings (SSSR count). The average Bonchev–Trinajstić information content (AvgIpc) is 2.70. The minimum atomic E-state index is 1.05. The number of anilines is 1. The lowest BCUT2D eigenvalue weighted by atomic mass is 9.93. The Labute approximate surface area is 127 Å². The van der Waals surface area contributed by atoms with Crippen LogP contribution in [0.1, 0.15) is 42.9 Å². The van der Waals surface area contributed by atoms with Gasteiger partial charge in [-0.1, -0.05) is 31.0 Å². The van der Waals surface area contributed by atoms with Gasteiger partial charge in [0.2, 0.25) is 0 Å². The number of unbranched alkanes of at least 4 members (excludes halogenated alkanes) is 1. The monoisotopic (exact) mass is 292 g/mol. The summed E-state index contributed by atoms with van der Waals surface area (Å²) >= 11 is 6.82. The van der Waals surface area contributed by atoms with E-state index in [1.807, 2.05) is 0 Å². The van der Waals surface area contributed by atoms with Crippen LogP contribution in [0.3, 0.4) is 0 Å². The van der Waals surface area contributed by atoms with E-state index in [1.165, 1.54) is 54.6 Å². The first-order chi connectivity index (χ1) is 9.81.